The van der Waals surface area contributed by atoms with E-state index in [4.69, 9.17) is 0 Å². The van der Waals surface area contributed by atoms with Gasteiger partial charge in [-0.05, 0) is 24.8 Å². The van der Waals surface area contributed by atoms with Gasteiger partial charge in [0.2, 0.25) is 5.91 Å². The van der Waals surface area contributed by atoms with E-state index in [1.165, 1.54) is 33.0 Å². The highest BCUT2D eigenvalue weighted by molar-refractivity contribution is 6.08. The van der Waals surface area contributed by atoms with Crippen LogP contribution in [0.3, 0.4) is 0 Å². The van der Waals surface area contributed by atoms with Crippen molar-refractivity contribution in [2.75, 3.05) is 6.54 Å². The number of imide groups is 1. The van der Waals surface area contributed by atoms with Gasteiger partial charge in [0.25, 0.3) is 11.8 Å². The first-order valence-corrected chi connectivity index (χ1v) is 6.12. The van der Waals surface area contributed by atoms with Gasteiger partial charge in [0.05, 0.1) is 7.05 Å². The second kappa shape index (κ2) is 4.69. The van der Waals surface area contributed by atoms with Crippen LogP contribution in [0.2, 0.25) is 0 Å². The van der Waals surface area contributed by atoms with Gasteiger partial charge in [-0.15, -0.1) is 0 Å². The molecule has 3 amide bonds. The molecule has 1 N–H and O–H groups in total. The summed E-state index contributed by atoms with van der Waals surface area (Å²) < 4.78 is 1.12. The van der Waals surface area contributed by atoms with Crippen molar-refractivity contribution in [3.8, 4) is 0 Å². The SMILES string of the molecule is Cn1c(C(=O)N2CC(=O)NC(=O)C2(C)C)ccc1[N+](=O)[O-]. The van der Waals surface area contributed by atoms with Crippen LogP contribution in [0.25, 0.3) is 0 Å². The maximum absolute atomic E-state index is 12.5. The topological polar surface area (TPSA) is 115 Å². The Morgan fingerprint density at radius 1 is 1.38 bits per heavy atom. The molecule has 2 rings (SSSR count). The van der Waals surface area contributed by atoms with Gasteiger partial charge in [-0.1, -0.05) is 0 Å². The number of hydrogen-bond acceptors (Lipinski definition) is 5. The second-order valence-electron chi connectivity index (χ2n) is 5.22. The molecule has 21 heavy (non-hydrogen) atoms. The fourth-order valence-electron chi connectivity index (χ4n) is 2.15. The number of carbonyl (C=O) groups excluding carboxylic acids is 3. The fourth-order valence-corrected chi connectivity index (χ4v) is 2.15. The fraction of sp³-hybridized carbons (Fsp3) is 0.417. The molecule has 0 aliphatic carbocycles. The Balaban J connectivity index is 2.41. The molecule has 1 aliphatic rings. The first kappa shape index (κ1) is 14.7. The first-order chi connectivity index (χ1) is 9.66. The van der Waals surface area contributed by atoms with E-state index >= 15 is 0 Å². The van der Waals surface area contributed by atoms with E-state index in [-0.39, 0.29) is 18.1 Å². The van der Waals surface area contributed by atoms with E-state index in [0.717, 1.165) is 9.47 Å². The van der Waals surface area contributed by atoms with Gasteiger partial charge >= 0.3 is 5.82 Å². The summed E-state index contributed by atoms with van der Waals surface area (Å²) in [7, 11) is 1.38. The molecule has 0 atom stereocenters. The standard InChI is InChI=1S/C12H14N4O5/c1-12(2)11(19)13-8(17)6-15(12)10(18)7-4-5-9(14(7)3)16(20)21/h4-5H,6H2,1-3H3,(H,13,17,19). The minimum absolute atomic E-state index is 0.0391. The van der Waals surface area contributed by atoms with Gasteiger partial charge in [0.1, 0.15) is 12.1 Å². The third-order valence-corrected chi connectivity index (χ3v) is 3.53. The summed E-state index contributed by atoms with van der Waals surface area (Å²) in [5.41, 5.74) is -1.18. The lowest BCUT2D eigenvalue weighted by molar-refractivity contribution is -0.391. The van der Waals surface area contributed by atoms with Crippen molar-refractivity contribution in [3.63, 3.8) is 0 Å². The third-order valence-electron chi connectivity index (χ3n) is 3.53. The van der Waals surface area contributed by atoms with E-state index in [9.17, 15) is 24.5 Å². The average molecular weight is 294 g/mol. The number of piperazine rings is 1. The molecule has 2 heterocycles. The van der Waals surface area contributed by atoms with E-state index < -0.39 is 28.2 Å². The van der Waals surface area contributed by atoms with Crippen LogP contribution < -0.4 is 5.32 Å². The lowest BCUT2D eigenvalue weighted by Crippen LogP contribution is -2.65. The molecule has 0 bridgehead atoms. The minimum atomic E-state index is -1.22. The number of aromatic nitrogens is 1. The number of nitro groups is 1. The summed E-state index contributed by atoms with van der Waals surface area (Å²) in [6.45, 7) is 2.73. The highest BCUT2D eigenvalue weighted by Crippen LogP contribution is 2.23. The van der Waals surface area contributed by atoms with Crippen molar-refractivity contribution >= 4 is 23.5 Å². The van der Waals surface area contributed by atoms with Crippen molar-refractivity contribution in [1.82, 2.24) is 14.8 Å². The Hall–Kier alpha value is -2.71. The molecule has 1 aliphatic heterocycles. The largest absolute Gasteiger partial charge is 0.358 e. The number of amides is 3. The van der Waals surface area contributed by atoms with Crippen molar-refractivity contribution in [2.45, 2.75) is 19.4 Å². The van der Waals surface area contributed by atoms with Gasteiger partial charge in [-0.3, -0.25) is 19.7 Å². The molecule has 1 aromatic heterocycles. The monoisotopic (exact) mass is 294 g/mol. The van der Waals surface area contributed by atoms with Crippen LogP contribution in [0.1, 0.15) is 24.3 Å². The molecule has 112 valence electrons. The van der Waals surface area contributed by atoms with Crippen LogP contribution in [0.5, 0.6) is 0 Å². The van der Waals surface area contributed by atoms with Crippen LogP contribution in [-0.2, 0) is 16.6 Å². The molecule has 0 unspecified atom stereocenters. The molecular weight excluding hydrogens is 280 g/mol. The third kappa shape index (κ3) is 2.26. The van der Waals surface area contributed by atoms with Gasteiger partial charge in [0.15, 0.2) is 5.69 Å². The Morgan fingerprint density at radius 2 is 2.00 bits per heavy atom. The highest BCUT2D eigenvalue weighted by Gasteiger charge is 2.45. The number of rotatable bonds is 2. The molecule has 0 spiro atoms. The molecular formula is C12H14N4O5. The Labute approximate surface area is 119 Å². The molecule has 1 aromatic rings. The second-order valence-corrected chi connectivity index (χ2v) is 5.22. The summed E-state index contributed by atoms with van der Waals surface area (Å²) in [4.78, 5) is 47.1. The average Bonchev–Trinajstić information content (AvgIpc) is 2.75. The first-order valence-electron chi connectivity index (χ1n) is 6.12. The highest BCUT2D eigenvalue weighted by atomic mass is 16.6. The summed E-state index contributed by atoms with van der Waals surface area (Å²) in [6, 6.07) is 2.50. The van der Waals surface area contributed by atoms with E-state index in [1.807, 2.05) is 0 Å². The van der Waals surface area contributed by atoms with E-state index in [2.05, 4.69) is 5.32 Å². The van der Waals surface area contributed by atoms with Gasteiger partial charge in [0, 0.05) is 6.07 Å². The number of carbonyl (C=O) groups is 3. The van der Waals surface area contributed by atoms with Crippen LogP contribution in [0.4, 0.5) is 5.82 Å². The smallest absolute Gasteiger partial charge is 0.323 e. The molecule has 1 fully saturated rings. The minimum Gasteiger partial charge on any atom is -0.358 e. The van der Waals surface area contributed by atoms with E-state index in [1.54, 1.807) is 0 Å². The zero-order valence-electron chi connectivity index (χ0n) is 11.7. The van der Waals surface area contributed by atoms with Gasteiger partial charge in [-0.2, -0.15) is 0 Å². The van der Waals surface area contributed by atoms with Crippen LogP contribution in [-0.4, -0.2) is 44.2 Å². The molecule has 0 aromatic carbocycles. The summed E-state index contributed by atoms with van der Waals surface area (Å²) >= 11 is 0. The maximum Gasteiger partial charge on any atom is 0.323 e. The summed E-state index contributed by atoms with van der Waals surface area (Å²) in [6.07, 6.45) is 0. The number of nitrogens with zero attached hydrogens (tertiary/aromatic N) is 3. The molecule has 9 nitrogen and oxygen atoms in total. The lowest BCUT2D eigenvalue weighted by Gasteiger charge is -2.39. The van der Waals surface area contributed by atoms with Crippen molar-refractivity contribution in [3.05, 3.63) is 27.9 Å². The number of nitrogens with one attached hydrogen (secondary N) is 1. The van der Waals surface area contributed by atoms with Gasteiger partial charge in [-0.25, -0.2) is 4.57 Å². The molecule has 9 heteroatoms. The van der Waals surface area contributed by atoms with Crippen LogP contribution in [0, 0.1) is 10.1 Å². The maximum atomic E-state index is 12.5. The van der Waals surface area contributed by atoms with E-state index in [0.29, 0.717) is 0 Å². The molecule has 0 saturated carbocycles. The zero-order chi connectivity index (χ0) is 15.9. The quantitative estimate of drug-likeness (QED) is 0.461. The Bertz CT molecular complexity index is 661. The lowest BCUT2D eigenvalue weighted by atomic mass is 9.98. The van der Waals surface area contributed by atoms with Crippen LogP contribution >= 0.6 is 0 Å². The molecule has 1 saturated heterocycles. The van der Waals surface area contributed by atoms with Crippen molar-refractivity contribution in [1.29, 1.82) is 0 Å². The number of hydrogen-bond donors (Lipinski definition) is 1. The van der Waals surface area contributed by atoms with Gasteiger partial charge < -0.3 is 15.0 Å². The Morgan fingerprint density at radius 3 is 2.52 bits per heavy atom. The zero-order valence-corrected chi connectivity index (χ0v) is 11.7. The predicted octanol–water partition coefficient (Wildman–Crippen LogP) is -0.189. The van der Waals surface area contributed by atoms with Crippen molar-refractivity contribution in [2.24, 2.45) is 7.05 Å². The summed E-state index contributed by atoms with van der Waals surface area (Å²) in [5.74, 6) is -2.03. The molecule has 0 radical (unpaired) electrons. The Kier molecular flexibility index (Phi) is 3.28. The van der Waals surface area contributed by atoms with Crippen LogP contribution in [0.15, 0.2) is 12.1 Å². The van der Waals surface area contributed by atoms with Crippen molar-refractivity contribution < 1.29 is 19.3 Å². The normalized spacial score (nSPS) is 17.6. The predicted molar refractivity (Wildman–Crippen MR) is 70.3 cm³/mol. The summed E-state index contributed by atoms with van der Waals surface area (Å²) in [5, 5.41) is 13.0.